The highest BCUT2D eigenvalue weighted by molar-refractivity contribution is 7.89. The van der Waals surface area contributed by atoms with Gasteiger partial charge in [-0.25, -0.2) is 13.1 Å². The molecule has 0 heterocycles. The van der Waals surface area contributed by atoms with Crippen LogP contribution in [0.2, 0.25) is 0 Å². The quantitative estimate of drug-likeness (QED) is 0.682. The number of hydrogen-bond donors (Lipinski definition) is 3. The summed E-state index contributed by atoms with van der Waals surface area (Å²) in [5.74, 6) is -0.553. The molecule has 5 N–H and O–H groups in total. The van der Waals surface area contributed by atoms with Gasteiger partial charge in [0, 0.05) is 19.0 Å². The third-order valence-corrected chi connectivity index (χ3v) is 4.37. The van der Waals surface area contributed by atoms with Crippen LogP contribution in [0, 0.1) is 6.92 Å². The van der Waals surface area contributed by atoms with Crippen molar-refractivity contribution in [1.82, 2.24) is 4.72 Å². The Morgan fingerprint density at radius 2 is 2.05 bits per heavy atom. The molecule has 0 spiro atoms. The van der Waals surface area contributed by atoms with Crippen molar-refractivity contribution in [2.75, 3.05) is 0 Å². The van der Waals surface area contributed by atoms with Gasteiger partial charge in [0.05, 0.1) is 4.90 Å². The summed E-state index contributed by atoms with van der Waals surface area (Å²) < 4.78 is 26.8. The van der Waals surface area contributed by atoms with Gasteiger partial charge < -0.3 is 11.5 Å². The van der Waals surface area contributed by atoms with E-state index in [1.807, 2.05) is 0 Å². The van der Waals surface area contributed by atoms with Crippen LogP contribution in [0.25, 0.3) is 0 Å². The zero-order valence-corrected chi connectivity index (χ0v) is 11.8. The number of primary amides is 1. The molecule has 6 nitrogen and oxygen atoms in total. The van der Waals surface area contributed by atoms with Crippen molar-refractivity contribution in [3.05, 3.63) is 29.3 Å². The number of carbonyl (C=O) groups is 1. The molecule has 0 aliphatic heterocycles. The van der Waals surface area contributed by atoms with Gasteiger partial charge in [-0.3, -0.25) is 4.79 Å². The highest BCUT2D eigenvalue weighted by Crippen LogP contribution is 2.17. The SMILES string of the molecule is Cc1ccc(CN)cc1S(=O)(=O)NC(C)CC(N)=O. The van der Waals surface area contributed by atoms with Gasteiger partial charge in [0.1, 0.15) is 0 Å². The molecule has 106 valence electrons. The van der Waals surface area contributed by atoms with E-state index in [0.29, 0.717) is 5.56 Å². The summed E-state index contributed by atoms with van der Waals surface area (Å²) in [5, 5.41) is 0. The van der Waals surface area contributed by atoms with E-state index in [4.69, 9.17) is 11.5 Å². The molecule has 0 fully saturated rings. The van der Waals surface area contributed by atoms with E-state index in [1.54, 1.807) is 26.0 Å². The molecule has 1 aromatic rings. The lowest BCUT2D eigenvalue weighted by Gasteiger charge is -2.14. The van der Waals surface area contributed by atoms with E-state index in [2.05, 4.69) is 4.72 Å². The highest BCUT2D eigenvalue weighted by atomic mass is 32.2. The van der Waals surface area contributed by atoms with Crippen molar-refractivity contribution >= 4 is 15.9 Å². The van der Waals surface area contributed by atoms with Gasteiger partial charge in [0.2, 0.25) is 15.9 Å². The minimum atomic E-state index is -3.68. The van der Waals surface area contributed by atoms with Crippen molar-refractivity contribution in [3.8, 4) is 0 Å². The molecule has 7 heteroatoms. The van der Waals surface area contributed by atoms with E-state index in [1.165, 1.54) is 6.07 Å². The van der Waals surface area contributed by atoms with Crippen molar-refractivity contribution in [2.45, 2.75) is 37.8 Å². The Labute approximate surface area is 113 Å². The topological polar surface area (TPSA) is 115 Å². The standard InChI is InChI=1S/C12H19N3O3S/c1-8-3-4-10(7-13)6-11(8)19(17,18)15-9(2)5-12(14)16/h3-4,6,9,15H,5,7,13H2,1-2H3,(H2,14,16). The fourth-order valence-corrected chi connectivity index (χ4v) is 3.27. The van der Waals surface area contributed by atoms with E-state index in [9.17, 15) is 13.2 Å². The Kier molecular flexibility index (Phi) is 5.04. The van der Waals surface area contributed by atoms with Gasteiger partial charge in [0.15, 0.2) is 0 Å². The van der Waals surface area contributed by atoms with Crippen LogP contribution in [0.3, 0.4) is 0 Å². The summed E-state index contributed by atoms with van der Waals surface area (Å²) in [6.07, 6.45) is -0.0468. The summed E-state index contributed by atoms with van der Waals surface area (Å²) in [7, 11) is -3.68. The number of nitrogens with two attached hydrogens (primary N) is 2. The van der Waals surface area contributed by atoms with Crippen molar-refractivity contribution in [1.29, 1.82) is 0 Å². The third-order valence-electron chi connectivity index (χ3n) is 2.64. The maximum atomic E-state index is 12.2. The Bertz CT molecular complexity index is 570. The molecule has 0 saturated heterocycles. The molecule has 0 bridgehead atoms. The smallest absolute Gasteiger partial charge is 0.241 e. The first-order valence-corrected chi connectivity index (χ1v) is 7.35. The maximum Gasteiger partial charge on any atom is 0.241 e. The summed E-state index contributed by atoms with van der Waals surface area (Å²) in [6.45, 7) is 3.55. The average Bonchev–Trinajstić information content (AvgIpc) is 2.27. The Morgan fingerprint density at radius 3 is 2.58 bits per heavy atom. The molecule has 0 aliphatic rings. The van der Waals surface area contributed by atoms with Crippen LogP contribution in [0.1, 0.15) is 24.5 Å². The zero-order chi connectivity index (χ0) is 14.6. The van der Waals surface area contributed by atoms with E-state index < -0.39 is 22.0 Å². The third kappa shape index (κ3) is 4.30. The van der Waals surface area contributed by atoms with Gasteiger partial charge in [-0.05, 0) is 31.0 Å². The minimum Gasteiger partial charge on any atom is -0.370 e. The molecule has 1 aromatic carbocycles. The second-order valence-electron chi connectivity index (χ2n) is 4.50. The van der Waals surface area contributed by atoms with Crippen LogP contribution in [0.15, 0.2) is 23.1 Å². The Morgan fingerprint density at radius 1 is 1.42 bits per heavy atom. The summed E-state index contributed by atoms with van der Waals surface area (Å²) in [4.78, 5) is 10.9. The van der Waals surface area contributed by atoms with E-state index in [-0.39, 0.29) is 17.9 Å². The summed E-state index contributed by atoms with van der Waals surface area (Å²) >= 11 is 0. The Hall–Kier alpha value is -1.44. The monoisotopic (exact) mass is 285 g/mol. The van der Waals surface area contributed by atoms with Crippen LogP contribution in [-0.4, -0.2) is 20.4 Å². The lowest BCUT2D eigenvalue weighted by atomic mass is 10.1. The number of aryl methyl sites for hydroxylation is 1. The van der Waals surface area contributed by atoms with Crippen LogP contribution < -0.4 is 16.2 Å². The maximum absolute atomic E-state index is 12.2. The first-order chi connectivity index (χ1) is 8.76. The fraction of sp³-hybridized carbons (Fsp3) is 0.417. The second-order valence-corrected chi connectivity index (χ2v) is 6.18. The van der Waals surface area contributed by atoms with Gasteiger partial charge in [-0.15, -0.1) is 0 Å². The first kappa shape index (κ1) is 15.6. The van der Waals surface area contributed by atoms with Gasteiger partial charge in [-0.2, -0.15) is 0 Å². The van der Waals surface area contributed by atoms with Crippen LogP contribution in [0.4, 0.5) is 0 Å². The highest BCUT2D eigenvalue weighted by Gasteiger charge is 2.20. The normalized spacial score (nSPS) is 13.2. The number of rotatable bonds is 6. The first-order valence-electron chi connectivity index (χ1n) is 5.86. The molecular formula is C12H19N3O3S. The van der Waals surface area contributed by atoms with Crippen LogP contribution in [0.5, 0.6) is 0 Å². The lowest BCUT2D eigenvalue weighted by Crippen LogP contribution is -2.36. The lowest BCUT2D eigenvalue weighted by molar-refractivity contribution is -0.118. The van der Waals surface area contributed by atoms with Crippen LogP contribution >= 0.6 is 0 Å². The summed E-state index contributed by atoms with van der Waals surface area (Å²) in [5.41, 5.74) is 11.9. The van der Waals surface area contributed by atoms with E-state index >= 15 is 0 Å². The molecule has 1 rings (SSSR count). The number of carbonyl (C=O) groups excluding carboxylic acids is 1. The zero-order valence-electron chi connectivity index (χ0n) is 11.0. The molecule has 19 heavy (non-hydrogen) atoms. The second kappa shape index (κ2) is 6.14. The van der Waals surface area contributed by atoms with Crippen molar-refractivity contribution in [2.24, 2.45) is 11.5 Å². The number of sulfonamides is 1. The molecule has 1 atom stereocenters. The minimum absolute atomic E-state index is 0.0468. The Balaban J connectivity index is 3.03. The average molecular weight is 285 g/mol. The predicted molar refractivity (Wildman–Crippen MR) is 72.7 cm³/mol. The largest absolute Gasteiger partial charge is 0.370 e. The number of benzene rings is 1. The number of nitrogens with one attached hydrogen (secondary N) is 1. The number of hydrogen-bond acceptors (Lipinski definition) is 4. The van der Waals surface area contributed by atoms with Gasteiger partial charge >= 0.3 is 0 Å². The molecule has 0 aromatic heterocycles. The molecular weight excluding hydrogens is 266 g/mol. The number of amides is 1. The van der Waals surface area contributed by atoms with Crippen molar-refractivity contribution < 1.29 is 13.2 Å². The predicted octanol–water partition coefficient (Wildman–Crippen LogP) is -0.00408. The fourth-order valence-electron chi connectivity index (χ4n) is 1.73. The summed E-state index contributed by atoms with van der Waals surface area (Å²) in [6, 6.07) is 4.47. The van der Waals surface area contributed by atoms with Crippen molar-refractivity contribution in [3.63, 3.8) is 0 Å². The van der Waals surface area contributed by atoms with Gasteiger partial charge in [0.25, 0.3) is 0 Å². The molecule has 1 unspecified atom stereocenters. The van der Waals surface area contributed by atoms with E-state index in [0.717, 1.165) is 5.56 Å². The molecule has 0 radical (unpaired) electrons. The molecule has 1 amide bonds. The van der Waals surface area contributed by atoms with Gasteiger partial charge in [-0.1, -0.05) is 12.1 Å². The van der Waals surface area contributed by atoms with Crippen LogP contribution in [-0.2, 0) is 21.4 Å². The molecule has 0 saturated carbocycles. The molecule has 0 aliphatic carbocycles.